The second kappa shape index (κ2) is 6.87. The van der Waals surface area contributed by atoms with Crippen LogP contribution in [-0.2, 0) is 24.1 Å². The molecule has 3 heterocycles. The van der Waals surface area contributed by atoms with E-state index in [1.807, 2.05) is 11.0 Å². The van der Waals surface area contributed by atoms with Crippen LogP contribution in [0.3, 0.4) is 0 Å². The molecule has 1 amide bonds. The minimum Gasteiger partial charge on any atom is -0.391 e. The summed E-state index contributed by atoms with van der Waals surface area (Å²) in [5.41, 5.74) is 8.14. The van der Waals surface area contributed by atoms with Gasteiger partial charge in [-0.15, -0.1) is 0 Å². The average Bonchev–Trinajstić information content (AvgIpc) is 3.29. The fourth-order valence-corrected chi connectivity index (χ4v) is 5.08. The Kier molecular flexibility index (Phi) is 4.42. The van der Waals surface area contributed by atoms with Crippen molar-refractivity contribution in [3.05, 3.63) is 34.2 Å². The molecule has 2 aliphatic carbocycles. The molecule has 2 aromatic rings. The lowest BCUT2D eigenvalue weighted by Crippen LogP contribution is -2.43. The van der Waals surface area contributed by atoms with Crippen LogP contribution in [0.2, 0.25) is 0 Å². The molecule has 1 aliphatic heterocycles. The summed E-state index contributed by atoms with van der Waals surface area (Å²) in [5, 5.41) is 17.8. The fourth-order valence-electron chi connectivity index (χ4n) is 5.08. The predicted octanol–water partition coefficient (Wildman–Crippen LogP) is 3.23. The number of H-pyrrole nitrogens is 2. The lowest BCUT2D eigenvalue weighted by molar-refractivity contribution is -0.130. The Morgan fingerprint density at radius 2 is 2.14 bits per heavy atom. The number of aliphatic hydroxyl groups is 1. The van der Waals surface area contributed by atoms with Gasteiger partial charge in [-0.2, -0.15) is 5.10 Å². The SMILES string of the molecule is CC1(C)CCc2c(-c3cc4c([nH]3)CCC(C(=O)N3CCCC(O)C3)=C4)n[nH]c2C1. The van der Waals surface area contributed by atoms with Crippen molar-refractivity contribution in [3.63, 3.8) is 0 Å². The lowest BCUT2D eigenvalue weighted by atomic mass is 9.76. The van der Waals surface area contributed by atoms with Crippen LogP contribution in [0.1, 0.15) is 62.0 Å². The third-order valence-electron chi connectivity index (χ3n) is 6.78. The molecule has 0 saturated carbocycles. The lowest BCUT2D eigenvalue weighted by Gasteiger charge is -2.31. The summed E-state index contributed by atoms with van der Waals surface area (Å²) in [6.07, 6.45) is 8.15. The van der Waals surface area contributed by atoms with Crippen LogP contribution >= 0.6 is 0 Å². The Balaban J connectivity index is 1.40. The number of likely N-dealkylation sites (tertiary alicyclic amines) is 1. The van der Waals surface area contributed by atoms with Gasteiger partial charge < -0.3 is 15.0 Å². The normalized spacial score (nSPS) is 23.3. The molecule has 1 unspecified atom stereocenters. The number of carbonyl (C=O) groups excluding carboxylic acids is 1. The second-order valence-electron chi connectivity index (χ2n) is 9.70. The molecule has 2 aromatic heterocycles. The van der Waals surface area contributed by atoms with Gasteiger partial charge in [-0.3, -0.25) is 9.89 Å². The Bertz CT molecular complexity index is 981. The van der Waals surface area contributed by atoms with Crippen molar-refractivity contribution < 1.29 is 9.90 Å². The highest BCUT2D eigenvalue weighted by atomic mass is 16.3. The third kappa shape index (κ3) is 3.44. The van der Waals surface area contributed by atoms with E-state index < -0.39 is 0 Å². The number of amides is 1. The third-order valence-corrected chi connectivity index (χ3v) is 6.78. The molecule has 1 saturated heterocycles. The standard InChI is InChI=1S/C23H30N4O2/c1-23(2)8-7-17-20(12-23)25-26-21(17)19-11-15-10-14(5-6-18(15)24-19)22(29)27-9-3-4-16(28)13-27/h10-11,16,24,28H,3-9,12-13H2,1-2H3,(H,25,26). The zero-order chi connectivity index (χ0) is 20.2. The number of aromatic nitrogens is 3. The molecule has 5 rings (SSSR count). The van der Waals surface area contributed by atoms with E-state index in [1.54, 1.807) is 0 Å². The highest BCUT2D eigenvalue weighted by Gasteiger charge is 2.30. The number of nitrogens with zero attached hydrogens (tertiary/aromatic N) is 2. The summed E-state index contributed by atoms with van der Waals surface area (Å²) in [4.78, 5) is 18.3. The summed E-state index contributed by atoms with van der Waals surface area (Å²) in [6.45, 7) is 5.83. The van der Waals surface area contributed by atoms with Crippen molar-refractivity contribution in [2.24, 2.45) is 5.41 Å². The first-order chi connectivity index (χ1) is 13.9. The van der Waals surface area contributed by atoms with Crippen molar-refractivity contribution >= 4 is 12.0 Å². The molecule has 6 heteroatoms. The summed E-state index contributed by atoms with van der Waals surface area (Å²) in [6, 6.07) is 2.14. The molecular weight excluding hydrogens is 364 g/mol. The molecule has 0 bridgehead atoms. The molecule has 3 aliphatic rings. The van der Waals surface area contributed by atoms with Gasteiger partial charge in [0, 0.05) is 35.6 Å². The van der Waals surface area contributed by atoms with Gasteiger partial charge in [-0.25, -0.2) is 0 Å². The predicted molar refractivity (Wildman–Crippen MR) is 112 cm³/mol. The van der Waals surface area contributed by atoms with Crippen LogP contribution < -0.4 is 0 Å². The number of aryl methyl sites for hydroxylation is 1. The number of β-amino-alcohol motifs (C(OH)–C–C–N with tert-alkyl or cyclic N) is 1. The van der Waals surface area contributed by atoms with Crippen molar-refractivity contribution in [1.29, 1.82) is 0 Å². The Hall–Kier alpha value is -2.34. The van der Waals surface area contributed by atoms with Crippen LogP contribution in [0.15, 0.2) is 11.6 Å². The molecule has 0 spiro atoms. The van der Waals surface area contributed by atoms with Crippen LogP contribution in [0.4, 0.5) is 0 Å². The van der Waals surface area contributed by atoms with E-state index in [-0.39, 0.29) is 12.0 Å². The van der Waals surface area contributed by atoms with E-state index in [2.05, 4.69) is 35.1 Å². The number of aliphatic hydroxyl groups excluding tert-OH is 1. The Morgan fingerprint density at radius 1 is 1.28 bits per heavy atom. The molecule has 0 aromatic carbocycles. The van der Waals surface area contributed by atoms with Crippen molar-refractivity contribution in [1.82, 2.24) is 20.1 Å². The Labute approximate surface area is 171 Å². The molecule has 29 heavy (non-hydrogen) atoms. The fraction of sp³-hybridized carbons (Fsp3) is 0.565. The van der Waals surface area contributed by atoms with Crippen LogP contribution in [0.5, 0.6) is 0 Å². The van der Waals surface area contributed by atoms with Gasteiger partial charge in [-0.05, 0) is 68.1 Å². The summed E-state index contributed by atoms with van der Waals surface area (Å²) < 4.78 is 0. The van der Waals surface area contributed by atoms with Crippen molar-refractivity contribution in [2.45, 2.75) is 64.9 Å². The first-order valence-corrected chi connectivity index (χ1v) is 10.9. The van der Waals surface area contributed by atoms with Gasteiger partial charge in [0.05, 0.1) is 11.8 Å². The zero-order valence-corrected chi connectivity index (χ0v) is 17.3. The maximum Gasteiger partial charge on any atom is 0.249 e. The minimum absolute atomic E-state index is 0.0801. The average molecular weight is 395 g/mol. The number of carbonyl (C=O) groups is 1. The Morgan fingerprint density at radius 3 is 2.97 bits per heavy atom. The second-order valence-corrected chi connectivity index (χ2v) is 9.70. The van der Waals surface area contributed by atoms with E-state index in [0.29, 0.717) is 12.0 Å². The van der Waals surface area contributed by atoms with Gasteiger partial charge in [0.15, 0.2) is 0 Å². The summed E-state index contributed by atoms with van der Waals surface area (Å²) >= 11 is 0. The van der Waals surface area contributed by atoms with E-state index in [4.69, 9.17) is 0 Å². The highest BCUT2D eigenvalue weighted by molar-refractivity contribution is 5.99. The number of nitrogens with one attached hydrogen (secondary N) is 2. The van der Waals surface area contributed by atoms with E-state index in [1.165, 1.54) is 23.4 Å². The van der Waals surface area contributed by atoms with Crippen molar-refractivity contribution in [2.75, 3.05) is 13.1 Å². The number of hydrogen-bond donors (Lipinski definition) is 3. The molecule has 1 fully saturated rings. The smallest absolute Gasteiger partial charge is 0.249 e. The molecule has 6 nitrogen and oxygen atoms in total. The number of aromatic amines is 2. The van der Waals surface area contributed by atoms with Crippen LogP contribution in [0, 0.1) is 5.41 Å². The monoisotopic (exact) mass is 394 g/mol. The first kappa shape index (κ1) is 18.7. The van der Waals surface area contributed by atoms with E-state index in [9.17, 15) is 9.90 Å². The summed E-state index contributed by atoms with van der Waals surface area (Å²) in [5.74, 6) is 0.0801. The van der Waals surface area contributed by atoms with Crippen LogP contribution in [0.25, 0.3) is 17.5 Å². The van der Waals surface area contributed by atoms with Gasteiger partial charge in [0.25, 0.3) is 0 Å². The molecule has 1 atom stereocenters. The number of rotatable bonds is 2. The molecular formula is C23H30N4O2. The van der Waals surface area contributed by atoms with E-state index in [0.717, 1.165) is 67.6 Å². The van der Waals surface area contributed by atoms with Gasteiger partial charge in [-0.1, -0.05) is 13.8 Å². The highest BCUT2D eigenvalue weighted by Crippen LogP contribution is 2.38. The zero-order valence-electron chi connectivity index (χ0n) is 17.3. The largest absolute Gasteiger partial charge is 0.391 e. The van der Waals surface area contributed by atoms with E-state index >= 15 is 0 Å². The number of fused-ring (bicyclic) bond motifs is 2. The van der Waals surface area contributed by atoms with Crippen molar-refractivity contribution in [3.8, 4) is 11.4 Å². The first-order valence-electron chi connectivity index (χ1n) is 10.9. The van der Waals surface area contributed by atoms with Gasteiger partial charge >= 0.3 is 0 Å². The van der Waals surface area contributed by atoms with Gasteiger partial charge in [0.2, 0.25) is 5.91 Å². The van der Waals surface area contributed by atoms with Crippen LogP contribution in [-0.4, -0.2) is 50.3 Å². The molecule has 0 radical (unpaired) electrons. The quantitative estimate of drug-likeness (QED) is 0.731. The number of hydrogen-bond acceptors (Lipinski definition) is 3. The number of piperidine rings is 1. The maximum absolute atomic E-state index is 12.9. The summed E-state index contributed by atoms with van der Waals surface area (Å²) in [7, 11) is 0. The van der Waals surface area contributed by atoms with Gasteiger partial charge in [0.1, 0.15) is 5.69 Å². The molecule has 3 N–H and O–H groups in total. The maximum atomic E-state index is 12.9. The topological polar surface area (TPSA) is 85.0 Å². The minimum atomic E-state index is -0.387. The molecule has 154 valence electrons.